The number of amides is 1. The molecule has 2 aromatic rings. The van der Waals surface area contributed by atoms with Gasteiger partial charge in [0.15, 0.2) is 0 Å². The smallest absolute Gasteiger partial charge is 0.227 e. The van der Waals surface area contributed by atoms with Gasteiger partial charge in [-0.3, -0.25) is 9.78 Å². The molecule has 2 saturated heterocycles. The number of hydrogen-bond acceptors (Lipinski definition) is 5. The molecule has 6 heteroatoms. The van der Waals surface area contributed by atoms with Crippen LogP contribution >= 0.6 is 11.3 Å². The van der Waals surface area contributed by atoms with Crippen molar-refractivity contribution in [1.82, 2.24) is 9.88 Å². The number of likely N-dealkylation sites (tertiary alicyclic amines) is 1. The van der Waals surface area contributed by atoms with Crippen molar-refractivity contribution >= 4 is 17.2 Å². The van der Waals surface area contributed by atoms with Gasteiger partial charge in [0.25, 0.3) is 0 Å². The summed E-state index contributed by atoms with van der Waals surface area (Å²) in [6.45, 7) is 2.02. The third-order valence-corrected chi connectivity index (χ3v) is 5.36. The fourth-order valence-corrected chi connectivity index (χ4v) is 4.09. The Morgan fingerprint density at radius 3 is 3.12 bits per heavy atom. The zero-order valence-electron chi connectivity index (χ0n) is 13.4. The minimum absolute atomic E-state index is 0.122. The van der Waals surface area contributed by atoms with Gasteiger partial charge in [0.2, 0.25) is 5.91 Å². The average Bonchev–Trinajstić information content (AvgIpc) is 3.06. The Labute approximate surface area is 145 Å². The summed E-state index contributed by atoms with van der Waals surface area (Å²) in [5, 5.41) is 4.03. The predicted molar refractivity (Wildman–Crippen MR) is 91.2 cm³/mol. The van der Waals surface area contributed by atoms with Crippen molar-refractivity contribution < 1.29 is 14.3 Å². The number of carbonyl (C=O) groups excluding carboxylic acids is 1. The number of aromatic nitrogens is 1. The van der Waals surface area contributed by atoms with E-state index >= 15 is 0 Å². The molecule has 5 nitrogen and oxygen atoms in total. The lowest BCUT2D eigenvalue weighted by atomic mass is 9.84. The molecule has 1 amide bonds. The van der Waals surface area contributed by atoms with E-state index in [1.165, 1.54) is 0 Å². The number of thiophene rings is 1. The molecule has 1 atom stereocenters. The van der Waals surface area contributed by atoms with Crippen LogP contribution in [-0.4, -0.2) is 47.2 Å². The fourth-order valence-electron chi connectivity index (χ4n) is 3.42. The van der Waals surface area contributed by atoms with Gasteiger partial charge in [0, 0.05) is 19.0 Å². The Balaban J connectivity index is 1.31. The van der Waals surface area contributed by atoms with Crippen LogP contribution < -0.4 is 4.74 Å². The van der Waals surface area contributed by atoms with E-state index in [0.717, 1.165) is 24.2 Å². The Morgan fingerprint density at radius 2 is 2.38 bits per heavy atom. The van der Waals surface area contributed by atoms with Crippen LogP contribution in [0.5, 0.6) is 5.75 Å². The zero-order valence-corrected chi connectivity index (χ0v) is 14.2. The third-order valence-electron chi connectivity index (χ3n) is 4.63. The van der Waals surface area contributed by atoms with Crippen LogP contribution in [0.15, 0.2) is 41.4 Å². The third kappa shape index (κ3) is 3.30. The maximum Gasteiger partial charge on any atom is 0.227 e. The van der Waals surface area contributed by atoms with Crippen molar-refractivity contribution in [3.63, 3.8) is 0 Å². The molecule has 0 bridgehead atoms. The van der Waals surface area contributed by atoms with Crippen LogP contribution in [0.2, 0.25) is 0 Å². The van der Waals surface area contributed by atoms with Crippen LogP contribution in [0, 0.1) is 0 Å². The van der Waals surface area contributed by atoms with Gasteiger partial charge in [-0.25, -0.2) is 0 Å². The lowest BCUT2D eigenvalue weighted by molar-refractivity contribution is -0.192. The molecule has 126 valence electrons. The molecule has 0 radical (unpaired) electrons. The molecule has 2 fully saturated rings. The van der Waals surface area contributed by atoms with Crippen molar-refractivity contribution in [1.29, 1.82) is 0 Å². The molecule has 2 aliphatic rings. The second kappa shape index (κ2) is 6.53. The van der Waals surface area contributed by atoms with Crippen LogP contribution in [0.1, 0.15) is 18.4 Å². The standard InChI is InChI=1S/C18H20N2O3S/c21-17(8-14-4-7-24-11-14)20-12-18(13-20)9-15(3-6-22-18)23-16-2-1-5-19-10-16/h1-2,4-5,7,10-11,15H,3,6,8-9,12-13H2/t15-/m0/s1. The summed E-state index contributed by atoms with van der Waals surface area (Å²) in [5.41, 5.74) is 0.864. The normalized spacial score (nSPS) is 22.2. The lowest BCUT2D eigenvalue weighted by Gasteiger charge is -2.53. The molecular weight excluding hydrogens is 324 g/mol. The predicted octanol–water partition coefficient (Wildman–Crippen LogP) is 2.52. The van der Waals surface area contributed by atoms with E-state index < -0.39 is 0 Å². The molecular formula is C18H20N2O3S. The molecule has 0 aliphatic carbocycles. The lowest BCUT2D eigenvalue weighted by Crippen LogP contribution is -2.67. The van der Waals surface area contributed by atoms with E-state index in [-0.39, 0.29) is 17.6 Å². The summed E-state index contributed by atoms with van der Waals surface area (Å²) < 4.78 is 12.0. The van der Waals surface area contributed by atoms with Gasteiger partial charge in [-0.1, -0.05) is 0 Å². The molecule has 24 heavy (non-hydrogen) atoms. The van der Waals surface area contributed by atoms with E-state index in [9.17, 15) is 4.79 Å². The minimum Gasteiger partial charge on any atom is -0.489 e. The maximum atomic E-state index is 12.3. The number of rotatable bonds is 4. The molecule has 0 saturated carbocycles. The van der Waals surface area contributed by atoms with Gasteiger partial charge in [-0.05, 0) is 34.5 Å². The number of nitrogens with zero attached hydrogens (tertiary/aromatic N) is 2. The van der Waals surface area contributed by atoms with Crippen molar-refractivity contribution in [2.24, 2.45) is 0 Å². The van der Waals surface area contributed by atoms with E-state index in [1.54, 1.807) is 23.7 Å². The fraction of sp³-hybridized carbons (Fsp3) is 0.444. The van der Waals surface area contributed by atoms with Gasteiger partial charge < -0.3 is 14.4 Å². The topological polar surface area (TPSA) is 51.7 Å². The number of ether oxygens (including phenoxy) is 2. The molecule has 4 heterocycles. The number of carbonyl (C=O) groups is 1. The molecule has 1 spiro atoms. The average molecular weight is 344 g/mol. The summed E-state index contributed by atoms with van der Waals surface area (Å²) in [6.07, 6.45) is 5.77. The SMILES string of the molecule is O=C(Cc1ccsc1)N1CC2(C[C@@H](Oc3cccnc3)CCO2)C1. The summed E-state index contributed by atoms with van der Waals surface area (Å²) >= 11 is 1.62. The first-order valence-electron chi connectivity index (χ1n) is 8.22. The van der Waals surface area contributed by atoms with Crippen LogP contribution in [-0.2, 0) is 16.0 Å². The van der Waals surface area contributed by atoms with Crippen LogP contribution in [0.25, 0.3) is 0 Å². The largest absolute Gasteiger partial charge is 0.489 e. The first-order chi connectivity index (χ1) is 11.7. The van der Waals surface area contributed by atoms with Crippen molar-refractivity contribution in [3.05, 3.63) is 46.9 Å². The van der Waals surface area contributed by atoms with E-state index in [1.807, 2.05) is 33.9 Å². The first-order valence-corrected chi connectivity index (χ1v) is 9.16. The Kier molecular flexibility index (Phi) is 4.24. The highest BCUT2D eigenvalue weighted by Crippen LogP contribution is 2.36. The minimum atomic E-state index is -0.227. The quantitative estimate of drug-likeness (QED) is 0.855. The summed E-state index contributed by atoms with van der Waals surface area (Å²) in [5.74, 6) is 0.974. The van der Waals surface area contributed by atoms with Crippen LogP contribution in [0.4, 0.5) is 0 Å². The van der Waals surface area contributed by atoms with E-state index in [4.69, 9.17) is 9.47 Å². The van der Waals surface area contributed by atoms with Gasteiger partial charge in [0.05, 0.1) is 32.3 Å². The number of pyridine rings is 1. The van der Waals surface area contributed by atoms with Gasteiger partial charge in [-0.15, -0.1) is 0 Å². The summed E-state index contributed by atoms with van der Waals surface area (Å²) in [4.78, 5) is 18.3. The second-order valence-electron chi connectivity index (χ2n) is 6.51. The van der Waals surface area contributed by atoms with Gasteiger partial charge >= 0.3 is 0 Å². The molecule has 0 N–H and O–H groups in total. The summed E-state index contributed by atoms with van der Waals surface area (Å²) in [6, 6.07) is 5.80. The molecule has 2 aliphatic heterocycles. The molecule has 2 aromatic heterocycles. The first kappa shape index (κ1) is 15.6. The molecule has 0 unspecified atom stereocenters. The van der Waals surface area contributed by atoms with Gasteiger partial charge in [0.1, 0.15) is 17.5 Å². The van der Waals surface area contributed by atoms with E-state index in [0.29, 0.717) is 26.1 Å². The Morgan fingerprint density at radius 1 is 1.46 bits per heavy atom. The number of hydrogen-bond donors (Lipinski definition) is 0. The molecule has 0 aromatic carbocycles. The Bertz CT molecular complexity index is 684. The van der Waals surface area contributed by atoms with Crippen molar-refractivity contribution in [2.75, 3.05) is 19.7 Å². The second-order valence-corrected chi connectivity index (χ2v) is 7.29. The van der Waals surface area contributed by atoms with Crippen LogP contribution in [0.3, 0.4) is 0 Å². The zero-order chi connectivity index (χ0) is 16.4. The Hall–Kier alpha value is -1.92. The van der Waals surface area contributed by atoms with Crippen molar-refractivity contribution in [2.45, 2.75) is 31.0 Å². The highest BCUT2D eigenvalue weighted by atomic mass is 32.1. The maximum absolute atomic E-state index is 12.3. The van der Waals surface area contributed by atoms with E-state index in [2.05, 4.69) is 4.98 Å². The monoisotopic (exact) mass is 344 g/mol. The highest BCUT2D eigenvalue weighted by Gasteiger charge is 2.49. The summed E-state index contributed by atoms with van der Waals surface area (Å²) in [7, 11) is 0. The highest BCUT2D eigenvalue weighted by molar-refractivity contribution is 7.08. The molecule has 4 rings (SSSR count). The van der Waals surface area contributed by atoms with Gasteiger partial charge in [-0.2, -0.15) is 11.3 Å². The van der Waals surface area contributed by atoms with Crippen molar-refractivity contribution in [3.8, 4) is 5.75 Å².